The number of carbonyl (C=O) groups is 1. The first-order chi connectivity index (χ1) is 12.7. The number of ether oxygens (including phenoxy) is 2. The SMILES string of the molecule is Br.CCCn1c(SCC(=O)c2ccc(OC)c(OC)c2)nc2ccccc21. The van der Waals surface area contributed by atoms with Crippen LogP contribution in [-0.4, -0.2) is 35.3 Å². The second-order valence-corrected chi connectivity index (χ2v) is 6.76. The Bertz CT molecular complexity index is 927. The van der Waals surface area contributed by atoms with Crippen LogP contribution in [0, 0.1) is 0 Å². The van der Waals surface area contributed by atoms with E-state index in [1.807, 2.05) is 18.2 Å². The number of hydrogen-bond acceptors (Lipinski definition) is 5. The number of rotatable bonds is 8. The van der Waals surface area contributed by atoms with E-state index in [9.17, 15) is 4.79 Å². The van der Waals surface area contributed by atoms with Gasteiger partial charge in [0.1, 0.15) is 0 Å². The van der Waals surface area contributed by atoms with Crippen LogP contribution in [0.2, 0.25) is 0 Å². The fourth-order valence-corrected chi connectivity index (χ4v) is 3.76. The van der Waals surface area contributed by atoms with E-state index in [2.05, 4.69) is 22.5 Å². The largest absolute Gasteiger partial charge is 0.493 e. The van der Waals surface area contributed by atoms with Crippen molar-refractivity contribution in [3.63, 3.8) is 0 Å². The van der Waals surface area contributed by atoms with Crippen molar-refractivity contribution in [2.45, 2.75) is 25.0 Å². The summed E-state index contributed by atoms with van der Waals surface area (Å²) in [4.78, 5) is 17.3. The number of para-hydroxylation sites is 2. The molecule has 0 saturated heterocycles. The van der Waals surface area contributed by atoms with E-state index in [4.69, 9.17) is 9.47 Å². The maximum absolute atomic E-state index is 12.6. The van der Waals surface area contributed by atoms with Crippen molar-refractivity contribution in [2.75, 3.05) is 20.0 Å². The maximum Gasteiger partial charge on any atom is 0.173 e. The van der Waals surface area contributed by atoms with Gasteiger partial charge in [-0.3, -0.25) is 4.79 Å². The number of benzene rings is 2. The van der Waals surface area contributed by atoms with Gasteiger partial charge in [0.15, 0.2) is 22.4 Å². The van der Waals surface area contributed by atoms with Crippen LogP contribution in [0.3, 0.4) is 0 Å². The van der Waals surface area contributed by atoms with E-state index in [0.717, 1.165) is 29.2 Å². The molecule has 0 unspecified atom stereocenters. The van der Waals surface area contributed by atoms with Gasteiger partial charge < -0.3 is 14.0 Å². The number of hydrogen-bond donors (Lipinski definition) is 0. The highest BCUT2D eigenvalue weighted by atomic mass is 79.9. The molecule has 0 aliphatic rings. The zero-order chi connectivity index (χ0) is 18.5. The van der Waals surface area contributed by atoms with Gasteiger partial charge in [0, 0.05) is 12.1 Å². The number of aromatic nitrogens is 2. The highest BCUT2D eigenvalue weighted by Gasteiger charge is 2.15. The summed E-state index contributed by atoms with van der Waals surface area (Å²) >= 11 is 1.47. The number of ketones is 1. The Balaban J connectivity index is 0.00000261. The average molecular weight is 451 g/mol. The van der Waals surface area contributed by atoms with Crippen molar-refractivity contribution in [1.29, 1.82) is 0 Å². The van der Waals surface area contributed by atoms with Gasteiger partial charge in [-0.05, 0) is 36.8 Å². The van der Waals surface area contributed by atoms with Crippen molar-refractivity contribution in [1.82, 2.24) is 9.55 Å². The summed E-state index contributed by atoms with van der Waals surface area (Å²) in [5.41, 5.74) is 2.67. The third kappa shape index (κ3) is 4.65. The predicted molar refractivity (Wildman–Crippen MR) is 115 cm³/mol. The molecule has 2 aromatic carbocycles. The maximum atomic E-state index is 12.6. The third-order valence-corrected chi connectivity index (χ3v) is 5.08. The average Bonchev–Trinajstić information content (AvgIpc) is 3.03. The summed E-state index contributed by atoms with van der Waals surface area (Å²) in [5.74, 6) is 1.52. The van der Waals surface area contributed by atoms with E-state index in [-0.39, 0.29) is 22.8 Å². The molecule has 0 N–H and O–H groups in total. The topological polar surface area (TPSA) is 53.4 Å². The summed E-state index contributed by atoms with van der Waals surface area (Å²) in [7, 11) is 3.14. The monoisotopic (exact) mass is 450 g/mol. The lowest BCUT2D eigenvalue weighted by Crippen LogP contribution is -2.05. The molecule has 0 amide bonds. The van der Waals surface area contributed by atoms with Crippen LogP contribution in [0.25, 0.3) is 11.0 Å². The van der Waals surface area contributed by atoms with E-state index in [1.165, 1.54) is 11.8 Å². The van der Waals surface area contributed by atoms with Gasteiger partial charge in [0.05, 0.1) is 31.0 Å². The van der Waals surface area contributed by atoms with E-state index < -0.39 is 0 Å². The Kier molecular flexibility index (Phi) is 7.74. The number of halogens is 1. The smallest absolute Gasteiger partial charge is 0.173 e. The molecule has 0 radical (unpaired) electrons. The first-order valence-corrected chi connectivity index (χ1v) is 9.49. The molecule has 144 valence electrons. The Labute approximate surface area is 173 Å². The lowest BCUT2D eigenvalue weighted by Gasteiger charge is -2.09. The van der Waals surface area contributed by atoms with Crippen LogP contribution in [0.5, 0.6) is 11.5 Å². The number of nitrogens with zero attached hydrogens (tertiary/aromatic N) is 2. The van der Waals surface area contributed by atoms with Crippen LogP contribution < -0.4 is 9.47 Å². The molecule has 7 heteroatoms. The van der Waals surface area contributed by atoms with Crippen LogP contribution in [0.15, 0.2) is 47.6 Å². The Morgan fingerprint density at radius 1 is 1.11 bits per heavy atom. The van der Waals surface area contributed by atoms with Crippen molar-refractivity contribution in [3.05, 3.63) is 48.0 Å². The molecule has 5 nitrogen and oxygen atoms in total. The molecule has 0 saturated carbocycles. The number of imidazole rings is 1. The number of methoxy groups -OCH3 is 2. The molecular weight excluding hydrogens is 428 g/mol. The Morgan fingerprint density at radius 2 is 1.85 bits per heavy atom. The third-order valence-electron chi connectivity index (χ3n) is 4.10. The van der Waals surface area contributed by atoms with Crippen LogP contribution >= 0.6 is 28.7 Å². The minimum atomic E-state index is 0. The fourth-order valence-electron chi connectivity index (χ4n) is 2.83. The van der Waals surface area contributed by atoms with E-state index in [1.54, 1.807) is 32.4 Å². The van der Waals surface area contributed by atoms with Gasteiger partial charge in [-0.2, -0.15) is 0 Å². The van der Waals surface area contributed by atoms with E-state index in [0.29, 0.717) is 22.8 Å². The minimum Gasteiger partial charge on any atom is -0.493 e. The number of Topliss-reactive ketones (excluding diaryl/α,β-unsaturated/α-hetero) is 1. The molecule has 1 heterocycles. The standard InChI is InChI=1S/C20H22N2O3S.BrH/c1-4-11-22-16-8-6-5-7-15(16)21-20(22)26-13-17(23)14-9-10-18(24-2)19(12-14)25-3;/h5-10,12H,4,11,13H2,1-3H3;1H. The number of fused-ring (bicyclic) bond motifs is 1. The molecule has 0 aliphatic carbocycles. The van der Waals surface area contributed by atoms with Gasteiger partial charge in [0.2, 0.25) is 0 Å². The summed E-state index contributed by atoms with van der Waals surface area (Å²) in [6, 6.07) is 13.3. The molecule has 3 aromatic rings. The second-order valence-electron chi connectivity index (χ2n) is 5.82. The van der Waals surface area contributed by atoms with Gasteiger partial charge in [-0.25, -0.2) is 4.98 Å². The summed E-state index contributed by atoms with van der Waals surface area (Å²) in [5, 5.41) is 0.877. The molecule has 3 rings (SSSR count). The Hall–Kier alpha value is -1.99. The highest BCUT2D eigenvalue weighted by molar-refractivity contribution is 8.93. The predicted octanol–water partition coefficient (Wildman–Crippen LogP) is 5.02. The highest BCUT2D eigenvalue weighted by Crippen LogP contribution is 2.29. The molecule has 0 spiro atoms. The summed E-state index contributed by atoms with van der Waals surface area (Å²) in [6.07, 6.45) is 1.01. The summed E-state index contributed by atoms with van der Waals surface area (Å²) < 4.78 is 12.7. The van der Waals surface area contributed by atoms with Crippen molar-refractivity contribution < 1.29 is 14.3 Å². The molecule has 0 atom stereocenters. The van der Waals surface area contributed by atoms with Crippen molar-refractivity contribution in [3.8, 4) is 11.5 Å². The minimum absolute atomic E-state index is 0. The number of aryl methyl sites for hydroxylation is 1. The molecule has 1 aromatic heterocycles. The molecule has 0 fully saturated rings. The normalized spacial score (nSPS) is 10.5. The zero-order valence-corrected chi connectivity index (χ0v) is 18.1. The molecule has 27 heavy (non-hydrogen) atoms. The first-order valence-electron chi connectivity index (χ1n) is 8.51. The molecular formula is C20H23BrN2O3S. The van der Waals surface area contributed by atoms with E-state index >= 15 is 0 Å². The lowest BCUT2D eigenvalue weighted by molar-refractivity contribution is 0.102. The zero-order valence-electron chi connectivity index (χ0n) is 15.6. The van der Waals surface area contributed by atoms with Gasteiger partial charge in [0.25, 0.3) is 0 Å². The van der Waals surface area contributed by atoms with Crippen molar-refractivity contribution >= 4 is 45.6 Å². The number of carbonyl (C=O) groups excluding carboxylic acids is 1. The lowest BCUT2D eigenvalue weighted by atomic mass is 10.1. The van der Waals surface area contributed by atoms with Crippen molar-refractivity contribution in [2.24, 2.45) is 0 Å². The van der Waals surface area contributed by atoms with Crippen LogP contribution in [0.1, 0.15) is 23.7 Å². The van der Waals surface area contributed by atoms with Gasteiger partial charge in [-0.15, -0.1) is 17.0 Å². The van der Waals surface area contributed by atoms with Gasteiger partial charge in [-0.1, -0.05) is 30.8 Å². The fraction of sp³-hybridized carbons (Fsp3) is 0.300. The van der Waals surface area contributed by atoms with Crippen LogP contribution in [0.4, 0.5) is 0 Å². The Morgan fingerprint density at radius 3 is 2.56 bits per heavy atom. The quantitative estimate of drug-likeness (QED) is 0.356. The molecule has 0 aliphatic heterocycles. The van der Waals surface area contributed by atoms with Crippen LogP contribution in [-0.2, 0) is 6.54 Å². The molecule has 0 bridgehead atoms. The summed E-state index contributed by atoms with van der Waals surface area (Å²) in [6.45, 7) is 3.02. The van der Waals surface area contributed by atoms with Gasteiger partial charge >= 0.3 is 0 Å². The first kappa shape index (κ1) is 21.3. The second kappa shape index (κ2) is 9.80. The number of thioether (sulfide) groups is 1.